The monoisotopic (exact) mass is 303 g/mol. The lowest BCUT2D eigenvalue weighted by molar-refractivity contribution is 0.771. The zero-order valence-corrected chi connectivity index (χ0v) is 13.0. The fourth-order valence-corrected chi connectivity index (χ4v) is 3.70. The summed E-state index contributed by atoms with van der Waals surface area (Å²) in [5.74, 6) is 2.05. The van der Waals surface area contributed by atoms with Gasteiger partial charge < -0.3 is 10.6 Å². The second kappa shape index (κ2) is 5.58. The molecule has 1 aromatic carbocycles. The van der Waals surface area contributed by atoms with Gasteiger partial charge in [0.05, 0.1) is 11.1 Å². The Morgan fingerprint density at radius 2 is 2.25 bits per heavy atom. The van der Waals surface area contributed by atoms with Gasteiger partial charge in [-0.3, -0.25) is 0 Å². The van der Waals surface area contributed by atoms with Crippen LogP contribution < -0.4 is 10.6 Å². The van der Waals surface area contributed by atoms with Crippen LogP contribution in [-0.2, 0) is 0 Å². The number of hydrogen-bond donors (Lipinski definition) is 1. The van der Waals surface area contributed by atoms with E-state index in [1.54, 1.807) is 0 Å². The standard InChI is InChI=1S/C15H17N3S2/c1-10-9-18(6-7-20-10)15-12(14(16)19)8-11-4-2-3-5-13(11)17-15/h2-5,8,10H,6-7,9H2,1H3,(H2,16,19). The predicted octanol–water partition coefficient (Wildman–Crippen LogP) is 2.81. The largest absolute Gasteiger partial charge is 0.389 e. The highest BCUT2D eigenvalue weighted by atomic mass is 32.2. The van der Waals surface area contributed by atoms with Gasteiger partial charge >= 0.3 is 0 Å². The lowest BCUT2D eigenvalue weighted by Gasteiger charge is -2.32. The van der Waals surface area contributed by atoms with Gasteiger partial charge in [-0.05, 0) is 12.1 Å². The van der Waals surface area contributed by atoms with E-state index in [9.17, 15) is 0 Å². The van der Waals surface area contributed by atoms with Crippen molar-refractivity contribution < 1.29 is 0 Å². The first-order valence-electron chi connectivity index (χ1n) is 6.71. The average molecular weight is 303 g/mol. The molecule has 0 bridgehead atoms. The van der Waals surface area contributed by atoms with Crippen LogP contribution in [0.2, 0.25) is 0 Å². The van der Waals surface area contributed by atoms with Crippen LogP contribution in [-0.4, -0.2) is 34.1 Å². The van der Waals surface area contributed by atoms with E-state index in [1.165, 1.54) is 0 Å². The number of fused-ring (bicyclic) bond motifs is 1. The molecule has 1 unspecified atom stereocenters. The maximum Gasteiger partial charge on any atom is 0.139 e. The summed E-state index contributed by atoms with van der Waals surface area (Å²) in [5, 5.41) is 1.69. The molecule has 3 rings (SSSR count). The number of thiocarbonyl (C=S) groups is 1. The molecular weight excluding hydrogens is 286 g/mol. The third-order valence-corrected chi connectivity index (χ3v) is 4.87. The van der Waals surface area contributed by atoms with Crippen molar-refractivity contribution in [2.75, 3.05) is 23.7 Å². The highest BCUT2D eigenvalue weighted by Crippen LogP contribution is 2.28. The molecule has 0 spiro atoms. The van der Waals surface area contributed by atoms with Crippen LogP contribution >= 0.6 is 24.0 Å². The van der Waals surface area contributed by atoms with Gasteiger partial charge in [0.15, 0.2) is 0 Å². The summed E-state index contributed by atoms with van der Waals surface area (Å²) in [5.41, 5.74) is 7.79. The van der Waals surface area contributed by atoms with E-state index in [2.05, 4.69) is 17.9 Å². The zero-order valence-electron chi connectivity index (χ0n) is 11.4. The van der Waals surface area contributed by atoms with Crippen LogP contribution in [0, 0.1) is 0 Å². The summed E-state index contributed by atoms with van der Waals surface area (Å²) in [7, 11) is 0. The van der Waals surface area contributed by atoms with Crippen molar-refractivity contribution in [1.29, 1.82) is 0 Å². The zero-order chi connectivity index (χ0) is 14.1. The van der Waals surface area contributed by atoms with Gasteiger partial charge in [-0.1, -0.05) is 37.3 Å². The highest BCUT2D eigenvalue weighted by Gasteiger charge is 2.21. The minimum atomic E-state index is 0.420. The van der Waals surface area contributed by atoms with E-state index in [1.807, 2.05) is 36.0 Å². The van der Waals surface area contributed by atoms with Crippen molar-refractivity contribution in [1.82, 2.24) is 4.98 Å². The van der Waals surface area contributed by atoms with Crippen LogP contribution in [0.3, 0.4) is 0 Å². The molecule has 2 heterocycles. The summed E-state index contributed by atoms with van der Waals surface area (Å²) in [6, 6.07) is 10.2. The van der Waals surface area contributed by atoms with Crippen LogP contribution in [0.15, 0.2) is 30.3 Å². The van der Waals surface area contributed by atoms with Gasteiger partial charge in [0.25, 0.3) is 0 Å². The van der Waals surface area contributed by atoms with E-state index in [4.69, 9.17) is 22.9 Å². The maximum absolute atomic E-state index is 5.91. The van der Waals surface area contributed by atoms with E-state index in [-0.39, 0.29) is 0 Å². The molecule has 0 saturated carbocycles. The van der Waals surface area contributed by atoms with Crippen molar-refractivity contribution >= 4 is 45.7 Å². The fraction of sp³-hybridized carbons (Fsp3) is 0.333. The number of anilines is 1. The van der Waals surface area contributed by atoms with Crippen molar-refractivity contribution in [3.05, 3.63) is 35.9 Å². The Kier molecular flexibility index (Phi) is 3.81. The quantitative estimate of drug-likeness (QED) is 0.864. The van der Waals surface area contributed by atoms with Gasteiger partial charge in [-0.2, -0.15) is 11.8 Å². The van der Waals surface area contributed by atoms with Gasteiger partial charge in [-0.15, -0.1) is 0 Å². The first kappa shape index (κ1) is 13.6. The molecule has 1 aromatic heterocycles. The molecule has 0 aliphatic carbocycles. The molecule has 1 aliphatic heterocycles. The molecule has 0 amide bonds. The molecule has 1 saturated heterocycles. The molecule has 20 heavy (non-hydrogen) atoms. The normalized spacial score (nSPS) is 19.2. The first-order chi connectivity index (χ1) is 9.65. The average Bonchev–Trinajstić information content (AvgIpc) is 2.46. The van der Waals surface area contributed by atoms with Crippen molar-refractivity contribution in [3.8, 4) is 0 Å². The number of thioether (sulfide) groups is 1. The molecule has 0 radical (unpaired) electrons. The Balaban J connectivity index is 2.11. The molecule has 1 fully saturated rings. The first-order valence-corrected chi connectivity index (χ1v) is 8.17. The van der Waals surface area contributed by atoms with Gasteiger partial charge in [0, 0.05) is 29.5 Å². The Hall–Kier alpha value is -1.33. The molecule has 104 valence electrons. The molecule has 1 atom stereocenters. The number of nitrogens with zero attached hydrogens (tertiary/aromatic N) is 2. The molecular formula is C15H17N3S2. The third-order valence-electron chi connectivity index (χ3n) is 3.51. The SMILES string of the molecule is CC1CN(c2nc3ccccc3cc2C(N)=S)CCS1. The lowest BCUT2D eigenvalue weighted by atomic mass is 10.1. The summed E-state index contributed by atoms with van der Waals surface area (Å²) in [4.78, 5) is 7.53. The molecule has 1 aliphatic rings. The Labute approximate surface area is 128 Å². The Morgan fingerprint density at radius 3 is 3.00 bits per heavy atom. The number of aromatic nitrogens is 1. The second-order valence-electron chi connectivity index (χ2n) is 5.04. The number of hydrogen-bond acceptors (Lipinski definition) is 4. The highest BCUT2D eigenvalue weighted by molar-refractivity contribution is 8.00. The maximum atomic E-state index is 5.91. The number of rotatable bonds is 2. The van der Waals surface area contributed by atoms with E-state index in [0.29, 0.717) is 10.2 Å². The van der Waals surface area contributed by atoms with Gasteiger partial charge in [0.1, 0.15) is 10.8 Å². The number of benzene rings is 1. The summed E-state index contributed by atoms with van der Waals surface area (Å²) < 4.78 is 0. The number of pyridine rings is 1. The van der Waals surface area contributed by atoms with Crippen LogP contribution in [0.5, 0.6) is 0 Å². The van der Waals surface area contributed by atoms with Crippen molar-refractivity contribution in [2.24, 2.45) is 5.73 Å². The molecule has 3 nitrogen and oxygen atoms in total. The summed E-state index contributed by atoms with van der Waals surface area (Å²) in [6.07, 6.45) is 0. The molecule has 2 aromatic rings. The summed E-state index contributed by atoms with van der Waals surface area (Å²) in [6.45, 7) is 4.24. The van der Waals surface area contributed by atoms with E-state index in [0.717, 1.165) is 41.1 Å². The second-order valence-corrected chi connectivity index (χ2v) is 7.03. The Morgan fingerprint density at radius 1 is 1.45 bits per heavy atom. The van der Waals surface area contributed by atoms with Crippen molar-refractivity contribution in [2.45, 2.75) is 12.2 Å². The van der Waals surface area contributed by atoms with Crippen LogP contribution in [0.25, 0.3) is 10.9 Å². The fourth-order valence-electron chi connectivity index (χ4n) is 2.54. The third kappa shape index (κ3) is 2.60. The smallest absolute Gasteiger partial charge is 0.139 e. The summed E-state index contributed by atoms with van der Waals surface area (Å²) >= 11 is 7.22. The Bertz CT molecular complexity index is 657. The van der Waals surface area contributed by atoms with E-state index >= 15 is 0 Å². The number of para-hydroxylation sites is 1. The predicted molar refractivity (Wildman–Crippen MR) is 91.8 cm³/mol. The van der Waals surface area contributed by atoms with Gasteiger partial charge in [0.2, 0.25) is 0 Å². The topological polar surface area (TPSA) is 42.2 Å². The minimum Gasteiger partial charge on any atom is -0.389 e. The number of nitrogens with two attached hydrogens (primary N) is 1. The molecule has 2 N–H and O–H groups in total. The van der Waals surface area contributed by atoms with E-state index < -0.39 is 0 Å². The van der Waals surface area contributed by atoms with Crippen molar-refractivity contribution in [3.63, 3.8) is 0 Å². The molecule has 5 heteroatoms. The lowest BCUT2D eigenvalue weighted by Crippen LogP contribution is -2.38. The van der Waals surface area contributed by atoms with Crippen LogP contribution in [0.1, 0.15) is 12.5 Å². The van der Waals surface area contributed by atoms with Gasteiger partial charge in [-0.25, -0.2) is 4.98 Å². The minimum absolute atomic E-state index is 0.420. The van der Waals surface area contributed by atoms with Crippen LogP contribution in [0.4, 0.5) is 5.82 Å².